The lowest BCUT2D eigenvalue weighted by Gasteiger charge is -2.45. The van der Waals surface area contributed by atoms with Crippen molar-refractivity contribution in [2.24, 2.45) is 29.6 Å². The van der Waals surface area contributed by atoms with E-state index in [0.717, 1.165) is 24.6 Å². The highest BCUT2D eigenvalue weighted by Gasteiger charge is 2.60. The van der Waals surface area contributed by atoms with Crippen LogP contribution in [-0.2, 0) is 39.9 Å². The highest BCUT2D eigenvalue weighted by Crippen LogP contribution is 2.42. The molecule has 5 rings (SSSR count). The summed E-state index contributed by atoms with van der Waals surface area (Å²) in [6, 6.07) is 9.20. The number of halogens is 1. The molecule has 1 aromatic carbocycles. The minimum absolute atomic E-state index is 0.0827. The first-order valence-corrected chi connectivity index (χ1v) is 20.3. The number of carbonyl (C=O) groups is 4. The molecule has 3 saturated heterocycles. The molecular formula is C43H63FN4O8. The van der Waals surface area contributed by atoms with E-state index in [1.165, 1.54) is 6.92 Å². The number of alkyl halides is 1. The Balaban J connectivity index is 1.39. The molecule has 12 nitrogen and oxygen atoms in total. The number of unbranched alkanes of at least 4 members (excludes halogenated alkanes) is 1. The van der Waals surface area contributed by atoms with Gasteiger partial charge >= 0.3 is 12.1 Å². The lowest BCUT2D eigenvalue weighted by Crippen LogP contribution is -2.58. The van der Waals surface area contributed by atoms with E-state index in [1.54, 1.807) is 32.0 Å². The van der Waals surface area contributed by atoms with Crippen LogP contribution in [-0.4, -0.2) is 112 Å². The van der Waals surface area contributed by atoms with E-state index in [2.05, 4.69) is 9.88 Å². The first-order valence-electron chi connectivity index (χ1n) is 20.3. The summed E-state index contributed by atoms with van der Waals surface area (Å²) in [5, 5.41) is 0. The summed E-state index contributed by atoms with van der Waals surface area (Å²) in [6.07, 6.45) is 2.62. The van der Waals surface area contributed by atoms with Crippen molar-refractivity contribution >= 4 is 23.6 Å². The second kappa shape index (κ2) is 17.4. The Bertz CT molecular complexity index is 1700. The van der Waals surface area contributed by atoms with Gasteiger partial charge in [0.05, 0.1) is 30.3 Å². The Hall–Kier alpha value is -3.68. The van der Waals surface area contributed by atoms with E-state index in [-0.39, 0.29) is 30.4 Å². The van der Waals surface area contributed by atoms with Gasteiger partial charge in [-0.1, -0.05) is 65.0 Å². The lowest BCUT2D eigenvalue weighted by atomic mass is 9.75. The molecule has 1 aromatic heterocycles. The van der Waals surface area contributed by atoms with Gasteiger partial charge in [-0.05, 0) is 73.4 Å². The fourth-order valence-electron chi connectivity index (χ4n) is 9.23. The molecule has 1 amide bonds. The number of ketones is 2. The van der Waals surface area contributed by atoms with Crippen LogP contribution in [0, 0.1) is 29.6 Å². The van der Waals surface area contributed by atoms with E-state index >= 15 is 4.39 Å². The quantitative estimate of drug-likeness (QED) is 0.153. The van der Waals surface area contributed by atoms with Gasteiger partial charge in [-0.3, -0.25) is 9.59 Å². The number of benzene rings is 1. The standard InChI is InChI=1S/C43H63FN4O8/c1-25-21-26(2)36(55-39-28(4)34(46(10)11)22-27(3)53-39)30(6)38(50)42(8,44)40(51)54-31(7)43(9)37(29(5)35(25)49)48(41(52)56-43)20-16-15-19-47-23-33(45-24-47)32-17-13-12-14-18-32/h12-14,17-18,23-31,34,36-37,39H,15-16,19-22H2,1-11H3/t25-,26+,27-,28-,29-,30-,31-,34+,36?,37+,39+,42+,43-/m1/s1. The van der Waals surface area contributed by atoms with E-state index in [0.29, 0.717) is 25.8 Å². The smallest absolute Gasteiger partial charge is 0.410 e. The van der Waals surface area contributed by atoms with Crippen LogP contribution in [0.3, 0.4) is 0 Å². The summed E-state index contributed by atoms with van der Waals surface area (Å²) >= 11 is 0. The first-order chi connectivity index (χ1) is 26.3. The number of imidazole rings is 1. The summed E-state index contributed by atoms with van der Waals surface area (Å²) in [4.78, 5) is 64.0. The van der Waals surface area contributed by atoms with Crippen molar-refractivity contribution in [3.05, 3.63) is 42.9 Å². The maximum absolute atomic E-state index is 16.6. The second-order valence-corrected chi connectivity index (χ2v) is 17.3. The number of aryl methyl sites for hydroxylation is 1. The Morgan fingerprint density at radius 3 is 2.25 bits per heavy atom. The first kappa shape index (κ1) is 43.4. The van der Waals surface area contributed by atoms with Crippen molar-refractivity contribution in [3.8, 4) is 11.3 Å². The van der Waals surface area contributed by atoms with Crippen molar-refractivity contribution in [1.29, 1.82) is 0 Å². The summed E-state index contributed by atoms with van der Waals surface area (Å²) in [5.41, 5.74) is -2.67. The van der Waals surface area contributed by atoms with Crippen LogP contribution in [0.1, 0.15) is 88.0 Å². The normalized spacial score (nSPS) is 37.6. The largest absolute Gasteiger partial charge is 0.456 e. The number of cyclic esters (lactones) is 1. The number of amides is 1. The van der Waals surface area contributed by atoms with Gasteiger partial charge in [0.25, 0.3) is 5.67 Å². The zero-order chi connectivity index (χ0) is 41.3. The fourth-order valence-corrected chi connectivity index (χ4v) is 9.23. The minimum atomic E-state index is -3.04. The third-order valence-electron chi connectivity index (χ3n) is 12.7. The Morgan fingerprint density at radius 2 is 1.59 bits per heavy atom. The highest BCUT2D eigenvalue weighted by molar-refractivity contribution is 6.07. The molecule has 3 fully saturated rings. The number of rotatable bonds is 9. The zero-order valence-electron chi connectivity index (χ0n) is 35.1. The molecule has 310 valence electrons. The molecule has 3 aliphatic rings. The van der Waals surface area contributed by atoms with Gasteiger partial charge in [-0.15, -0.1) is 0 Å². The van der Waals surface area contributed by atoms with Crippen LogP contribution in [0.25, 0.3) is 11.3 Å². The van der Waals surface area contributed by atoms with E-state index in [9.17, 15) is 19.2 Å². The van der Waals surface area contributed by atoms with Gasteiger partial charge in [0.2, 0.25) is 0 Å². The highest BCUT2D eigenvalue weighted by atomic mass is 19.1. The van der Waals surface area contributed by atoms with Gasteiger partial charge in [-0.25, -0.2) is 19.0 Å². The SMILES string of the molecule is C[C@H]1[C@H](OC2[C@@H](C)C[C@@H](C)C(=O)[C@@H](C)[C@@H]3N(CCCCn4cnc(-c5ccccc5)c4)C(=O)O[C@]3(C)[C@@H](C)OC(=O)[C@@](C)(F)C(=O)[C@@H]2C)O[C@H](C)C[C@@H]1N(C)C. The predicted octanol–water partition coefficient (Wildman–Crippen LogP) is 6.74. The van der Waals surface area contributed by atoms with Gasteiger partial charge in [-0.2, -0.15) is 0 Å². The van der Waals surface area contributed by atoms with E-state index in [1.807, 2.05) is 82.9 Å². The topological polar surface area (TPSA) is 130 Å². The summed E-state index contributed by atoms with van der Waals surface area (Å²) in [6.45, 7) is 16.0. The van der Waals surface area contributed by atoms with Gasteiger partial charge < -0.3 is 33.3 Å². The molecule has 0 radical (unpaired) electrons. The molecular weight excluding hydrogens is 719 g/mol. The maximum Gasteiger partial charge on any atom is 0.410 e. The fraction of sp³-hybridized carbons (Fsp3) is 0.698. The number of aromatic nitrogens is 2. The summed E-state index contributed by atoms with van der Waals surface area (Å²) in [7, 11) is 4.00. The molecule has 0 bridgehead atoms. The number of carbonyl (C=O) groups excluding carboxylic acids is 4. The third kappa shape index (κ3) is 8.89. The number of hydrogen-bond acceptors (Lipinski definition) is 10. The summed E-state index contributed by atoms with van der Waals surface area (Å²) < 4.78 is 43.3. The van der Waals surface area contributed by atoms with Crippen molar-refractivity contribution in [2.75, 3.05) is 20.6 Å². The molecule has 0 spiro atoms. The monoisotopic (exact) mass is 782 g/mol. The zero-order valence-corrected chi connectivity index (χ0v) is 35.1. The van der Waals surface area contributed by atoms with E-state index < -0.39 is 77.3 Å². The molecule has 3 aliphatic heterocycles. The molecule has 4 heterocycles. The average Bonchev–Trinajstić information content (AvgIpc) is 3.73. The van der Waals surface area contributed by atoms with Crippen molar-refractivity contribution in [2.45, 2.75) is 142 Å². The molecule has 2 aromatic rings. The predicted molar refractivity (Wildman–Crippen MR) is 209 cm³/mol. The average molecular weight is 783 g/mol. The second-order valence-electron chi connectivity index (χ2n) is 17.3. The van der Waals surface area contributed by atoms with Crippen LogP contribution in [0.2, 0.25) is 0 Å². The minimum Gasteiger partial charge on any atom is -0.456 e. The van der Waals surface area contributed by atoms with Crippen LogP contribution >= 0.6 is 0 Å². The van der Waals surface area contributed by atoms with Gasteiger partial charge in [0.15, 0.2) is 17.7 Å². The number of fused-ring (bicyclic) bond motifs is 1. The molecule has 0 N–H and O–H groups in total. The number of ether oxygens (including phenoxy) is 4. The van der Waals surface area contributed by atoms with Crippen LogP contribution in [0.15, 0.2) is 42.9 Å². The van der Waals surface area contributed by atoms with Crippen LogP contribution in [0.5, 0.6) is 0 Å². The van der Waals surface area contributed by atoms with E-state index in [4.69, 9.17) is 18.9 Å². The molecule has 13 atom stereocenters. The third-order valence-corrected chi connectivity index (χ3v) is 12.7. The number of nitrogens with zero attached hydrogens (tertiary/aromatic N) is 4. The van der Waals surface area contributed by atoms with Crippen LogP contribution in [0.4, 0.5) is 9.18 Å². The molecule has 1 unspecified atom stereocenters. The molecule has 56 heavy (non-hydrogen) atoms. The summed E-state index contributed by atoms with van der Waals surface area (Å²) in [5.74, 6) is -5.33. The number of hydrogen-bond donors (Lipinski definition) is 0. The molecule has 0 saturated carbocycles. The van der Waals surface area contributed by atoms with Gasteiger partial charge in [0, 0.05) is 54.6 Å². The van der Waals surface area contributed by atoms with Crippen LogP contribution < -0.4 is 0 Å². The number of Topliss-reactive ketones (excluding diaryl/α,β-unsaturated/α-hetero) is 2. The molecule has 13 heteroatoms. The van der Waals surface area contributed by atoms with Crippen molar-refractivity contribution in [1.82, 2.24) is 19.4 Å². The number of esters is 1. The van der Waals surface area contributed by atoms with Gasteiger partial charge in [0.1, 0.15) is 11.9 Å². The Labute approximate surface area is 331 Å². The lowest BCUT2D eigenvalue weighted by molar-refractivity contribution is -0.259. The molecule has 0 aliphatic carbocycles. The Morgan fingerprint density at radius 1 is 0.929 bits per heavy atom. The maximum atomic E-state index is 16.6. The van der Waals surface area contributed by atoms with Crippen molar-refractivity contribution < 1.29 is 42.5 Å². The van der Waals surface area contributed by atoms with Crippen molar-refractivity contribution in [3.63, 3.8) is 0 Å². The Kier molecular flexibility index (Phi) is 13.5.